The van der Waals surface area contributed by atoms with Crippen molar-refractivity contribution >= 4 is 5.91 Å². The third kappa shape index (κ3) is 4.40. The molecule has 2 N–H and O–H groups in total. The number of ether oxygens (including phenoxy) is 1. The number of aromatic nitrogens is 2. The molecular formula is C22H24N4O2. The molecule has 3 aromatic rings. The third-order valence-corrected chi connectivity index (χ3v) is 4.87. The van der Waals surface area contributed by atoms with E-state index >= 15 is 0 Å². The second-order valence-electron chi connectivity index (χ2n) is 6.89. The number of nitrogens with zero attached hydrogens (tertiary/aromatic N) is 2. The predicted molar refractivity (Wildman–Crippen MR) is 107 cm³/mol. The van der Waals surface area contributed by atoms with Gasteiger partial charge in [-0.3, -0.25) is 9.48 Å². The van der Waals surface area contributed by atoms with E-state index in [4.69, 9.17) is 4.74 Å². The SMILES string of the molecule is O=C(NCc1ccccc1Oc1ccccc1)c1ccn(C2CCCNC2)n1. The van der Waals surface area contributed by atoms with Gasteiger partial charge >= 0.3 is 0 Å². The Balaban J connectivity index is 1.39. The quantitative estimate of drug-likeness (QED) is 0.691. The molecule has 1 aliphatic rings. The van der Waals surface area contributed by atoms with E-state index in [1.807, 2.05) is 65.5 Å². The van der Waals surface area contributed by atoms with E-state index in [9.17, 15) is 4.79 Å². The lowest BCUT2D eigenvalue weighted by Gasteiger charge is -2.22. The summed E-state index contributed by atoms with van der Waals surface area (Å²) >= 11 is 0. The number of amides is 1. The summed E-state index contributed by atoms with van der Waals surface area (Å²) in [5, 5.41) is 10.8. The van der Waals surface area contributed by atoms with Crippen LogP contribution in [0.25, 0.3) is 0 Å². The molecule has 0 aliphatic carbocycles. The number of piperidine rings is 1. The van der Waals surface area contributed by atoms with Crippen LogP contribution in [-0.4, -0.2) is 28.8 Å². The molecule has 1 unspecified atom stereocenters. The van der Waals surface area contributed by atoms with Crippen LogP contribution in [0.3, 0.4) is 0 Å². The first-order valence-electron chi connectivity index (χ1n) is 9.64. The zero-order valence-electron chi connectivity index (χ0n) is 15.7. The summed E-state index contributed by atoms with van der Waals surface area (Å²) in [6, 6.07) is 19.4. The molecule has 1 aliphatic heterocycles. The second-order valence-corrected chi connectivity index (χ2v) is 6.89. The van der Waals surface area contributed by atoms with Gasteiger partial charge in [-0.1, -0.05) is 36.4 Å². The summed E-state index contributed by atoms with van der Waals surface area (Å²) in [6.45, 7) is 2.32. The van der Waals surface area contributed by atoms with Gasteiger partial charge in [-0.15, -0.1) is 0 Å². The Kier molecular flexibility index (Phi) is 5.68. The van der Waals surface area contributed by atoms with Crippen LogP contribution in [0.5, 0.6) is 11.5 Å². The molecule has 1 atom stereocenters. The van der Waals surface area contributed by atoms with Gasteiger partial charge in [0.1, 0.15) is 17.2 Å². The van der Waals surface area contributed by atoms with Crippen molar-refractivity contribution in [3.8, 4) is 11.5 Å². The molecule has 1 saturated heterocycles. The second kappa shape index (κ2) is 8.71. The van der Waals surface area contributed by atoms with Crippen LogP contribution in [0, 0.1) is 0 Å². The fourth-order valence-corrected chi connectivity index (χ4v) is 3.35. The Hall–Kier alpha value is -3.12. The molecule has 4 rings (SSSR count). The van der Waals surface area contributed by atoms with Gasteiger partial charge in [0.05, 0.1) is 6.04 Å². The maximum atomic E-state index is 12.5. The molecule has 28 heavy (non-hydrogen) atoms. The topological polar surface area (TPSA) is 68.2 Å². The Morgan fingerprint density at radius 3 is 2.79 bits per heavy atom. The summed E-state index contributed by atoms with van der Waals surface area (Å²) in [6.07, 6.45) is 4.10. The van der Waals surface area contributed by atoms with E-state index in [-0.39, 0.29) is 5.91 Å². The average Bonchev–Trinajstić information content (AvgIpc) is 3.25. The minimum atomic E-state index is -0.183. The maximum Gasteiger partial charge on any atom is 0.272 e. The largest absolute Gasteiger partial charge is 0.457 e. The highest BCUT2D eigenvalue weighted by atomic mass is 16.5. The molecule has 1 aromatic heterocycles. The van der Waals surface area contributed by atoms with Gasteiger partial charge in [0.15, 0.2) is 0 Å². The highest BCUT2D eigenvalue weighted by molar-refractivity contribution is 5.92. The Labute approximate surface area is 164 Å². The van der Waals surface area contributed by atoms with Gasteiger partial charge in [0, 0.05) is 24.8 Å². The lowest BCUT2D eigenvalue weighted by Crippen LogP contribution is -2.32. The number of hydrogen-bond donors (Lipinski definition) is 2. The molecule has 0 bridgehead atoms. The Morgan fingerprint density at radius 1 is 1.14 bits per heavy atom. The number of benzene rings is 2. The molecule has 2 heterocycles. The van der Waals surface area contributed by atoms with Gasteiger partial charge < -0.3 is 15.4 Å². The first-order chi connectivity index (χ1) is 13.8. The van der Waals surface area contributed by atoms with E-state index in [0.29, 0.717) is 18.3 Å². The van der Waals surface area contributed by atoms with Gasteiger partial charge in [-0.2, -0.15) is 5.10 Å². The van der Waals surface area contributed by atoms with Crippen LogP contribution >= 0.6 is 0 Å². The number of hydrogen-bond acceptors (Lipinski definition) is 4. The standard InChI is InChI=1S/C22H24N4O2/c27-22(20-12-14-26(25-20)18-8-6-13-23-16-18)24-15-17-7-4-5-11-21(17)28-19-9-2-1-3-10-19/h1-5,7,9-12,14,18,23H,6,8,13,15-16H2,(H,24,27). The molecule has 2 aromatic carbocycles. The Bertz CT molecular complexity index is 917. The molecule has 144 valence electrons. The number of carbonyl (C=O) groups is 1. The Morgan fingerprint density at radius 2 is 1.96 bits per heavy atom. The van der Waals surface area contributed by atoms with Crippen molar-refractivity contribution in [2.75, 3.05) is 13.1 Å². The molecular weight excluding hydrogens is 352 g/mol. The van der Waals surface area contributed by atoms with Crippen molar-refractivity contribution in [1.82, 2.24) is 20.4 Å². The number of nitrogens with one attached hydrogen (secondary N) is 2. The monoisotopic (exact) mass is 376 g/mol. The first kappa shape index (κ1) is 18.3. The van der Waals surface area contributed by atoms with Crippen molar-refractivity contribution in [2.45, 2.75) is 25.4 Å². The van der Waals surface area contributed by atoms with Gasteiger partial charge in [-0.05, 0) is 43.7 Å². The van der Waals surface area contributed by atoms with Crippen molar-refractivity contribution in [2.24, 2.45) is 0 Å². The van der Waals surface area contributed by atoms with Crippen LogP contribution in [0.4, 0.5) is 0 Å². The number of para-hydroxylation sites is 2. The molecule has 0 saturated carbocycles. The highest BCUT2D eigenvalue weighted by Crippen LogP contribution is 2.25. The van der Waals surface area contributed by atoms with E-state index in [0.717, 1.165) is 43.0 Å². The molecule has 6 heteroatoms. The lowest BCUT2D eigenvalue weighted by atomic mass is 10.1. The fourth-order valence-electron chi connectivity index (χ4n) is 3.35. The van der Waals surface area contributed by atoms with Crippen molar-refractivity contribution in [3.05, 3.63) is 78.1 Å². The molecule has 1 amide bonds. The average molecular weight is 376 g/mol. The van der Waals surface area contributed by atoms with E-state index in [1.165, 1.54) is 0 Å². The zero-order valence-corrected chi connectivity index (χ0v) is 15.7. The maximum absolute atomic E-state index is 12.5. The van der Waals surface area contributed by atoms with E-state index in [2.05, 4.69) is 15.7 Å². The summed E-state index contributed by atoms with van der Waals surface area (Å²) in [4.78, 5) is 12.5. The lowest BCUT2D eigenvalue weighted by molar-refractivity contribution is 0.0944. The van der Waals surface area contributed by atoms with Gasteiger partial charge in [-0.25, -0.2) is 0 Å². The fraction of sp³-hybridized carbons (Fsp3) is 0.273. The summed E-state index contributed by atoms with van der Waals surface area (Å²) < 4.78 is 7.85. The summed E-state index contributed by atoms with van der Waals surface area (Å²) in [5.41, 5.74) is 1.35. The van der Waals surface area contributed by atoms with Gasteiger partial charge in [0.2, 0.25) is 0 Å². The van der Waals surface area contributed by atoms with Crippen molar-refractivity contribution < 1.29 is 9.53 Å². The molecule has 0 spiro atoms. The minimum absolute atomic E-state index is 0.183. The van der Waals surface area contributed by atoms with Gasteiger partial charge in [0.25, 0.3) is 5.91 Å². The van der Waals surface area contributed by atoms with Crippen LogP contribution in [0.1, 0.15) is 34.9 Å². The molecule has 6 nitrogen and oxygen atoms in total. The van der Waals surface area contributed by atoms with E-state index in [1.54, 1.807) is 6.07 Å². The minimum Gasteiger partial charge on any atom is -0.457 e. The smallest absolute Gasteiger partial charge is 0.272 e. The summed E-state index contributed by atoms with van der Waals surface area (Å²) in [5.74, 6) is 1.31. The number of rotatable bonds is 6. The van der Waals surface area contributed by atoms with E-state index < -0.39 is 0 Å². The first-order valence-corrected chi connectivity index (χ1v) is 9.64. The summed E-state index contributed by atoms with van der Waals surface area (Å²) in [7, 11) is 0. The van der Waals surface area contributed by atoms with Crippen molar-refractivity contribution in [1.29, 1.82) is 0 Å². The predicted octanol–water partition coefficient (Wildman–Crippen LogP) is 3.53. The number of carbonyl (C=O) groups excluding carboxylic acids is 1. The van der Waals surface area contributed by atoms with Crippen LogP contribution < -0.4 is 15.4 Å². The van der Waals surface area contributed by atoms with Crippen molar-refractivity contribution in [3.63, 3.8) is 0 Å². The van der Waals surface area contributed by atoms with Crippen LogP contribution in [0.15, 0.2) is 66.9 Å². The van der Waals surface area contributed by atoms with Crippen LogP contribution in [0.2, 0.25) is 0 Å². The molecule has 1 fully saturated rings. The zero-order chi connectivity index (χ0) is 19.2. The normalized spacial score (nSPS) is 16.5. The molecule has 0 radical (unpaired) electrons. The third-order valence-electron chi connectivity index (χ3n) is 4.87. The highest BCUT2D eigenvalue weighted by Gasteiger charge is 2.18. The van der Waals surface area contributed by atoms with Crippen LogP contribution in [-0.2, 0) is 6.54 Å².